The predicted molar refractivity (Wildman–Crippen MR) is 76.2 cm³/mol. The van der Waals surface area contributed by atoms with Gasteiger partial charge in [0.15, 0.2) is 0 Å². The first-order chi connectivity index (χ1) is 9.51. The average molecular weight is 292 g/mol. The average Bonchev–Trinajstić information content (AvgIpc) is 3.16. The van der Waals surface area contributed by atoms with Crippen LogP contribution in [0.1, 0.15) is 24.5 Å². The number of hydrogen-bond acceptors (Lipinski definition) is 4. The SMILES string of the molecule is CNS(=O)(=O)c1ccc(-n2ccc(C3CC3)n2)cc1N. The van der Waals surface area contributed by atoms with Crippen LogP contribution in [0.25, 0.3) is 5.69 Å². The van der Waals surface area contributed by atoms with Crippen molar-refractivity contribution in [3.05, 3.63) is 36.2 Å². The number of benzene rings is 1. The van der Waals surface area contributed by atoms with Gasteiger partial charge < -0.3 is 5.73 Å². The molecule has 2 aromatic rings. The third kappa shape index (κ3) is 2.30. The smallest absolute Gasteiger partial charge is 0.242 e. The highest BCUT2D eigenvalue weighted by Gasteiger charge is 2.26. The molecule has 20 heavy (non-hydrogen) atoms. The topological polar surface area (TPSA) is 90.0 Å². The van der Waals surface area contributed by atoms with Crippen molar-refractivity contribution in [1.29, 1.82) is 0 Å². The molecule has 0 saturated heterocycles. The third-order valence-electron chi connectivity index (χ3n) is 3.42. The van der Waals surface area contributed by atoms with E-state index in [-0.39, 0.29) is 10.6 Å². The van der Waals surface area contributed by atoms with Gasteiger partial charge in [0.05, 0.1) is 17.1 Å². The van der Waals surface area contributed by atoms with E-state index in [4.69, 9.17) is 5.73 Å². The normalized spacial score (nSPS) is 15.4. The first kappa shape index (κ1) is 13.1. The second-order valence-electron chi connectivity index (χ2n) is 4.89. The van der Waals surface area contributed by atoms with Gasteiger partial charge in [0.25, 0.3) is 0 Å². The van der Waals surface area contributed by atoms with Gasteiger partial charge in [0.2, 0.25) is 10.0 Å². The van der Waals surface area contributed by atoms with Crippen LogP contribution in [0, 0.1) is 0 Å². The van der Waals surface area contributed by atoms with Crippen LogP contribution in [0.4, 0.5) is 5.69 Å². The van der Waals surface area contributed by atoms with Crippen LogP contribution in [-0.4, -0.2) is 25.2 Å². The number of rotatable bonds is 4. The zero-order valence-corrected chi connectivity index (χ0v) is 11.9. The molecule has 0 radical (unpaired) electrons. The maximum absolute atomic E-state index is 11.8. The molecule has 1 fully saturated rings. The summed E-state index contributed by atoms with van der Waals surface area (Å²) in [4.78, 5) is 0.0818. The van der Waals surface area contributed by atoms with Gasteiger partial charge >= 0.3 is 0 Å². The number of nitrogens with one attached hydrogen (secondary N) is 1. The first-order valence-electron chi connectivity index (χ1n) is 6.40. The van der Waals surface area contributed by atoms with Crippen LogP contribution >= 0.6 is 0 Å². The van der Waals surface area contributed by atoms with Gasteiger partial charge in [-0.1, -0.05) is 0 Å². The molecular weight excluding hydrogens is 276 g/mol. The van der Waals surface area contributed by atoms with Crippen molar-refractivity contribution in [3.63, 3.8) is 0 Å². The summed E-state index contributed by atoms with van der Waals surface area (Å²) in [6.07, 6.45) is 4.26. The Morgan fingerprint density at radius 3 is 2.70 bits per heavy atom. The predicted octanol–water partition coefficient (Wildman–Crippen LogP) is 1.24. The minimum Gasteiger partial charge on any atom is -0.398 e. The lowest BCUT2D eigenvalue weighted by Gasteiger charge is -2.08. The van der Waals surface area contributed by atoms with Crippen LogP contribution in [-0.2, 0) is 10.0 Å². The van der Waals surface area contributed by atoms with Gasteiger partial charge in [0, 0.05) is 12.1 Å². The van der Waals surface area contributed by atoms with E-state index in [1.165, 1.54) is 26.0 Å². The summed E-state index contributed by atoms with van der Waals surface area (Å²) < 4.78 is 27.5. The van der Waals surface area contributed by atoms with Gasteiger partial charge in [-0.25, -0.2) is 17.8 Å². The quantitative estimate of drug-likeness (QED) is 0.830. The van der Waals surface area contributed by atoms with Gasteiger partial charge in [0.1, 0.15) is 4.90 Å². The maximum Gasteiger partial charge on any atom is 0.242 e. The molecule has 3 N–H and O–H groups in total. The van der Waals surface area contributed by atoms with E-state index in [9.17, 15) is 8.42 Å². The number of hydrogen-bond donors (Lipinski definition) is 2. The van der Waals surface area contributed by atoms with Crippen molar-refractivity contribution in [2.75, 3.05) is 12.8 Å². The number of sulfonamides is 1. The summed E-state index contributed by atoms with van der Waals surface area (Å²) in [5, 5.41) is 4.49. The Morgan fingerprint density at radius 2 is 2.10 bits per heavy atom. The van der Waals surface area contributed by atoms with E-state index >= 15 is 0 Å². The molecule has 6 nitrogen and oxygen atoms in total. The summed E-state index contributed by atoms with van der Waals surface area (Å²) in [7, 11) is -2.17. The Kier molecular flexibility index (Phi) is 3.02. The van der Waals surface area contributed by atoms with Gasteiger partial charge in [-0.3, -0.25) is 0 Å². The van der Waals surface area contributed by atoms with E-state index in [1.54, 1.807) is 16.8 Å². The zero-order chi connectivity index (χ0) is 14.3. The van der Waals surface area contributed by atoms with E-state index in [2.05, 4.69) is 9.82 Å². The van der Waals surface area contributed by atoms with Crippen molar-refractivity contribution in [3.8, 4) is 5.69 Å². The Balaban J connectivity index is 1.97. The van der Waals surface area contributed by atoms with Crippen LogP contribution in [0.5, 0.6) is 0 Å². The van der Waals surface area contributed by atoms with Crippen molar-refractivity contribution < 1.29 is 8.42 Å². The largest absolute Gasteiger partial charge is 0.398 e. The second-order valence-corrected chi connectivity index (χ2v) is 6.74. The Hall–Kier alpha value is -1.86. The molecule has 0 amide bonds. The third-order valence-corrected chi connectivity index (χ3v) is 4.91. The van der Waals surface area contributed by atoms with Crippen molar-refractivity contribution in [2.24, 2.45) is 0 Å². The molecule has 106 valence electrons. The summed E-state index contributed by atoms with van der Waals surface area (Å²) >= 11 is 0. The summed E-state index contributed by atoms with van der Waals surface area (Å²) in [6, 6.07) is 6.80. The molecule has 1 aromatic carbocycles. The fourth-order valence-electron chi connectivity index (χ4n) is 2.11. The molecular formula is C13H16N4O2S. The molecule has 1 aliphatic rings. The molecule has 3 rings (SSSR count). The maximum atomic E-state index is 11.8. The monoisotopic (exact) mass is 292 g/mol. The molecule has 1 heterocycles. The van der Waals surface area contributed by atoms with Gasteiger partial charge in [-0.2, -0.15) is 5.10 Å². The van der Waals surface area contributed by atoms with E-state index in [0.717, 1.165) is 11.4 Å². The number of aromatic nitrogens is 2. The number of nitrogen functional groups attached to an aromatic ring is 1. The van der Waals surface area contributed by atoms with Crippen molar-refractivity contribution >= 4 is 15.7 Å². The van der Waals surface area contributed by atoms with Crippen molar-refractivity contribution in [2.45, 2.75) is 23.7 Å². The minimum atomic E-state index is -3.53. The highest BCUT2D eigenvalue weighted by atomic mass is 32.2. The van der Waals surface area contributed by atoms with Gasteiger partial charge in [-0.05, 0) is 44.2 Å². The highest BCUT2D eigenvalue weighted by molar-refractivity contribution is 7.89. The van der Waals surface area contributed by atoms with E-state index in [1.807, 2.05) is 12.3 Å². The number of anilines is 1. The number of nitrogens with two attached hydrogens (primary N) is 1. The van der Waals surface area contributed by atoms with Crippen LogP contribution < -0.4 is 10.5 Å². The molecule has 0 spiro atoms. The van der Waals surface area contributed by atoms with Crippen LogP contribution in [0.3, 0.4) is 0 Å². The molecule has 0 bridgehead atoms. The lowest BCUT2D eigenvalue weighted by molar-refractivity contribution is 0.588. The van der Waals surface area contributed by atoms with Crippen LogP contribution in [0.2, 0.25) is 0 Å². The summed E-state index contributed by atoms with van der Waals surface area (Å²) in [5.41, 5.74) is 7.88. The van der Waals surface area contributed by atoms with E-state index < -0.39 is 10.0 Å². The zero-order valence-electron chi connectivity index (χ0n) is 11.1. The fourth-order valence-corrected chi connectivity index (χ4v) is 2.95. The summed E-state index contributed by atoms with van der Waals surface area (Å²) in [6.45, 7) is 0. The molecule has 0 aliphatic heterocycles. The standard InChI is InChI=1S/C13H16N4O2S/c1-15-20(18,19)13-5-4-10(8-11(13)14)17-7-6-12(16-17)9-2-3-9/h4-9,15H,2-3,14H2,1H3. The van der Waals surface area contributed by atoms with Gasteiger partial charge in [-0.15, -0.1) is 0 Å². The Labute approximate surface area is 117 Å². The lowest BCUT2D eigenvalue weighted by atomic mass is 10.3. The summed E-state index contributed by atoms with van der Waals surface area (Å²) in [5.74, 6) is 0.581. The van der Waals surface area contributed by atoms with Crippen LogP contribution in [0.15, 0.2) is 35.4 Å². The molecule has 1 aromatic heterocycles. The number of nitrogens with zero attached hydrogens (tertiary/aromatic N) is 2. The fraction of sp³-hybridized carbons (Fsp3) is 0.308. The second kappa shape index (κ2) is 4.60. The first-order valence-corrected chi connectivity index (χ1v) is 7.88. The molecule has 0 unspecified atom stereocenters. The lowest BCUT2D eigenvalue weighted by Crippen LogP contribution is -2.20. The van der Waals surface area contributed by atoms with E-state index in [0.29, 0.717) is 5.92 Å². The highest BCUT2D eigenvalue weighted by Crippen LogP contribution is 2.39. The molecule has 7 heteroatoms. The minimum absolute atomic E-state index is 0.0818. The molecule has 1 saturated carbocycles. The Bertz CT molecular complexity index is 747. The van der Waals surface area contributed by atoms with Crippen molar-refractivity contribution in [1.82, 2.24) is 14.5 Å². The molecule has 0 atom stereocenters. The Morgan fingerprint density at radius 1 is 1.35 bits per heavy atom. The molecule has 1 aliphatic carbocycles.